The number of aromatic nitrogens is 3. The Bertz CT molecular complexity index is 535. The molecule has 0 aromatic carbocycles. The van der Waals surface area contributed by atoms with Gasteiger partial charge in [-0.2, -0.15) is 0 Å². The molecule has 1 aromatic rings. The van der Waals surface area contributed by atoms with Gasteiger partial charge in [0.2, 0.25) is 0 Å². The fraction of sp³-hybridized carbons (Fsp3) is 0.812. The van der Waals surface area contributed by atoms with Gasteiger partial charge in [-0.15, -0.1) is 10.2 Å². The number of ether oxygens (including phenoxy) is 1. The van der Waals surface area contributed by atoms with E-state index in [0.29, 0.717) is 12.5 Å². The number of rotatable bonds is 4. The van der Waals surface area contributed by atoms with Crippen LogP contribution in [0.3, 0.4) is 0 Å². The third-order valence-corrected chi connectivity index (χ3v) is 4.72. The third-order valence-electron chi connectivity index (χ3n) is 4.72. The summed E-state index contributed by atoms with van der Waals surface area (Å²) < 4.78 is 7.73. The van der Waals surface area contributed by atoms with Gasteiger partial charge in [0.15, 0.2) is 11.8 Å². The molecule has 1 fully saturated rings. The highest BCUT2D eigenvalue weighted by Gasteiger charge is 2.20. The van der Waals surface area contributed by atoms with E-state index >= 15 is 0 Å². The molecule has 128 valence electrons. The Hall–Kier alpha value is -1.63. The predicted octanol–water partition coefficient (Wildman–Crippen LogP) is 1.05. The van der Waals surface area contributed by atoms with Crippen molar-refractivity contribution in [3.63, 3.8) is 0 Å². The monoisotopic (exact) mass is 320 g/mol. The van der Waals surface area contributed by atoms with Gasteiger partial charge in [0.05, 0.1) is 13.2 Å². The highest BCUT2D eigenvalue weighted by atomic mass is 16.5. The van der Waals surface area contributed by atoms with Crippen LogP contribution in [0.15, 0.2) is 4.99 Å². The number of guanidine groups is 1. The fourth-order valence-corrected chi connectivity index (χ4v) is 3.42. The fourth-order valence-electron chi connectivity index (χ4n) is 3.42. The highest BCUT2D eigenvalue weighted by Crippen LogP contribution is 2.15. The van der Waals surface area contributed by atoms with Gasteiger partial charge >= 0.3 is 0 Å². The molecule has 1 saturated heterocycles. The second kappa shape index (κ2) is 7.77. The van der Waals surface area contributed by atoms with Gasteiger partial charge in [-0.05, 0) is 19.3 Å². The van der Waals surface area contributed by atoms with E-state index in [4.69, 9.17) is 4.74 Å². The van der Waals surface area contributed by atoms with Crippen LogP contribution in [-0.4, -0.2) is 59.5 Å². The van der Waals surface area contributed by atoms with Crippen LogP contribution in [0.1, 0.15) is 37.3 Å². The van der Waals surface area contributed by atoms with E-state index < -0.39 is 0 Å². The van der Waals surface area contributed by atoms with Crippen LogP contribution in [0.2, 0.25) is 0 Å². The number of hydrogen-bond donors (Lipinski definition) is 1. The molecule has 2 aliphatic rings. The van der Waals surface area contributed by atoms with E-state index in [9.17, 15) is 0 Å². The van der Waals surface area contributed by atoms with E-state index in [1.165, 1.54) is 19.3 Å². The summed E-state index contributed by atoms with van der Waals surface area (Å²) >= 11 is 0. The molecule has 0 amide bonds. The minimum atomic E-state index is 0.600. The van der Waals surface area contributed by atoms with Gasteiger partial charge < -0.3 is 19.5 Å². The summed E-state index contributed by atoms with van der Waals surface area (Å²) in [6, 6.07) is 0. The van der Waals surface area contributed by atoms with Crippen LogP contribution in [0.4, 0.5) is 0 Å². The van der Waals surface area contributed by atoms with Gasteiger partial charge in [0.1, 0.15) is 5.82 Å². The Morgan fingerprint density at radius 3 is 3.09 bits per heavy atom. The average Bonchev–Trinajstić information content (AvgIpc) is 3.13. The second-order valence-corrected chi connectivity index (χ2v) is 6.51. The lowest BCUT2D eigenvalue weighted by Crippen LogP contribution is -2.41. The highest BCUT2D eigenvalue weighted by molar-refractivity contribution is 5.79. The normalized spacial score (nSPS) is 21.8. The van der Waals surface area contributed by atoms with Crippen molar-refractivity contribution in [2.24, 2.45) is 10.9 Å². The maximum atomic E-state index is 5.46. The first-order chi connectivity index (χ1) is 11.3. The maximum Gasteiger partial charge on any atom is 0.193 e. The van der Waals surface area contributed by atoms with E-state index in [-0.39, 0.29) is 0 Å². The molecule has 3 heterocycles. The van der Waals surface area contributed by atoms with Crippen LogP contribution in [0, 0.1) is 5.92 Å². The van der Waals surface area contributed by atoms with Crippen molar-refractivity contribution >= 4 is 5.96 Å². The number of hydrogen-bond acceptors (Lipinski definition) is 4. The molecular weight excluding hydrogens is 292 g/mol. The van der Waals surface area contributed by atoms with Crippen molar-refractivity contribution < 1.29 is 4.74 Å². The smallest absolute Gasteiger partial charge is 0.193 e. The van der Waals surface area contributed by atoms with Crippen LogP contribution in [0.5, 0.6) is 0 Å². The predicted molar refractivity (Wildman–Crippen MR) is 89.3 cm³/mol. The number of fused-ring (bicyclic) bond motifs is 1. The summed E-state index contributed by atoms with van der Waals surface area (Å²) in [4.78, 5) is 6.57. The summed E-state index contributed by atoms with van der Waals surface area (Å²) in [6.07, 6.45) is 5.90. The molecule has 2 aliphatic heterocycles. The largest absolute Gasteiger partial charge is 0.381 e. The average molecular weight is 320 g/mol. The lowest BCUT2D eigenvalue weighted by atomic mass is 10.1. The summed E-state index contributed by atoms with van der Waals surface area (Å²) in [5.74, 6) is 3.65. The van der Waals surface area contributed by atoms with Crippen molar-refractivity contribution in [3.05, 3.63) is 11.6 Å². The minimum Gasteiger partial charge on any atom is -0.381 e. The molecule has 1 atom stereocenters. The van der Waals surface area contributed by atoms with Gasteiger partial charge in [0, 0.05) is 46.1 Å². The van der Waals surface area contributed by atoms with E-state index in [1.54, 1.807) is 0 Å². The molecule has 7 nitrogen and oxygen atoms in total. The van der Waals surface area contributed by atoms with Crippen molar-refractivity contribution in [1.82, 2.24) is 25.0 Å². The Labute approximate surface area is 138 Å². The Kier molecular flexibility index (Phi) is 5.48. The number of nitrogens with zero attached hydrogens (tertiary/aromatic N) is 5. The van der Waals surface area contributed by atoms with E-state index in [2.05, 4.69) is 37.0 Å². The summed E-state index contributed by atoms with van der Waals surface area (Å²) in [7, 11) is 3.91. The van der Waals surface area contributed by atoms with Crippen LogP contribution in [0.25, 0.3) is 0 Å². The molecule has 7 heteroatoms. The van der Waals surface area contributed by atoms with Crippen LogP contribution in [-0.2, 0) is 24.2 Å². The van der Waals surface area contributed by atoms with Crippen molar-refractivity contribution in [3.8, 4) is 0 Å². The maximum absolute atomic E-state index is 5.46. The Balaban J connectivity index is 1.56. The molecule has 3 rings (SSSR count). The van der Waals surface area contributed by atoms with Crippen molar-refractivity contribution in [2.45, 2.75) is 45.2 Å². The lowest BCUT2D eigenvalue weighted by Gasteiger charge is -2.24. The summed E-state index contributed by atoms with van der Waals surface area (Å²) in [5.41, 5.74) is 0. The number of aliphatic imine (C=N–C) groups is 1. The Morgan fingerprint density at radius 1 is 1.39 bits per heavy atom. The van der Waals surface area contributed by atoms with Gasteiger partial charge in [0.25, 0.3) is 0 Å². The molecule has 0 spiro atoms. The first-order valence-electron chi connectivity index (χ1n) is 8.68. The topological polar surface area (TPSA) is 67.6 Å². The zero-order valence-electron chi connectivity index (χ0n) is 14.3. The number of aryl methyl sites for hydroxylation is 1. The van der Waals surface area contributed by atoms with Crippen molar-refractivity contribution in [2.75, 3.05) is 33.9 Å². The first kappa shape index (κ1) is 16.2. The lowest BCUT2D eigenvalue weighted by molar-refractivity contribution is 0.181. The molecule has 0 bridgehead atoms. The van der Waals surface area contributed by atoms with Gasteiger partial charge in [-0.1, -0.05) is 6.42 Å². The molecule has 23 heavy (non-hydrogen) atoms. The van der Waals surface area contributed by atoms with Gasteiger partial charge in [-0.25, -0.2) is 0 Å². The number of nitrogens with one attached hydrogen (secondary N) is 1. The third kappa shape index (κ3) is 4.02. The molecular formula is C16H28N6O. The quantitative estimate of drug-likeness (QED) is 0.663. The minimum absolute atomic E-state index is 0.600. The molecule has 0 saturated carbocycles. The standard InChI is InChI=1S/C16H28N6O/c1-17-16(21(2)11-13-7-9-23-12-13)18-10-15-20-19-14-6-4-3-5-8-22(14)15/h13H,3-12H2,1-2H3,(H,17,18). The molecule has 0 radical (unpaired) electrons. The van der Waals surface area contributed by atoms with Crippen LogP contribution < -0.4 is 5.32 Å². The first-order valence-corrected chi connectivity index (χ1v) is 8.68. The van der Waals surface area contributed by atoms with Crippen molar-refractivity contribution in [1.29, 1.82) is 0 Å². The SMILES string of the molecule is CN=C(NCc1nnc2n1CCCCC2)N(C)CC1CCOC1. The second-order valence-electron chi connectivity index (χ2n) is 6.51. The molecule has 1 unspecified atom stereocenters. The summed E-state index contributed by atoms with van der Waals surface area (Å²) in [6.45, 7) is 4.42. The van der Waals surface area contributed by atoms with Crippen LogP contribution >= 0.6 is 0 Å². The Morgan fingerprint density at radius 2 is 2.30 bits per heavy atom. The molecule has 0 aliphatic carbocycles. The zero-order valence-corrected chi connectivity index (χ0v) is 14.3. The van der Waals surface area contributed by atoms with Gasteiger partial charge in [-0.3, -0.25) is 4.99 Å². The van der Waals surface area contributed by atoms with E-state index in [0.717, 1.165) is 56.8 Å². The summed E-state index contributed by atoms with van der Waals surface area (Å²) in [5, 5.41) is 12.1. The zero-order chi connectivity index (χ0) is 16.1. The molecule has 1 N–H and O–H groups in total. The molecule has 1 aromatic heterocycles. The van der Waals surface area contributed by atoms with E-state index in [1.807, 2.05) is 7.05 Å².